The molecular formula is C16H22N2OS. The second-order valence-electron chi connectivity index (χ2n) is 6.80. The molecule has 0 saturated heterocycles. The molecule has 20 heavy (non-hydrogen) atoms. The fourth-order valence-corrected chi connectivity index (χ4v) is 4.33. The van der Waals surface area contributed by atoms with Crippen LogP contribution in [0, 0.1) is 17.3 Å². The van der Waals surface area contributed by atoms with Gasteiger partial charge in [-0.15, -0.1) is 11.3 Å². The molecule has 1 amide bonds. The maximum atomic E-state index is 12.4. The van der Waals surface area contributed by atoms with Crippen molar-refractivity contribution in [1.29, 1.82) is 0 Å². The van der Waals surface area contributed by atoms with Crippen LogP contribution in [0.3, 0.4) is 0 Å². The number of hydrogen-bond acceptors (Lipinski definition) is 3. The number of fused-ring (bicyclic) bond motifs is 1. The lowest BCUT2D eigenvalue weighted by Gasteiger charge is -2.02. The summed E-state index contributed by atoms with van der Waals surface area (Å²) in [6, 6.07) is 0. The zero-order valence-electron chi connectivity index (χ0n) is 12.6. The molecule has 1 aromatic heterocycles. The number of allylic oxidation sites excluding steroid dienone is 2. The Hall–Kier alpha value is -1.16. The molecule has 0 unspecified atom stereocenters. The van der Waals surface area contributed by atoms with E-state index in [1.54, 1.807) is 11.3 Å². The number of carbonyl (C=O) groups excluding carboxylic acids is 1. The van der Waals surface area contributed by atoms with E-state index in [4.69, 9.17) is 0 Å². The second-order valence-corrected chi connectivity index (χ2v) is 7.88. The Balaban J connectivity index is 1.69. The smallest absolute Gasteiger partial charge is 0.230 e. The van der Waals surface area contributed by atoms with Crippen molar-refractivity contribution >= 4 is 22.4 Å². The highest BCUT2D eigenvalue weighted by molar-refractivity contribution is 7.15. The molecule has 3 rings (SSSR count). The van der Waals surface area contributed by atoms with Crippen LogP contribution in [0.1, 0.15) is 44.7 Å². The average molecular weight is 290 g/mol. The summed E-state index contributed by atoms with van der Waals surface area (Å²) < 4.78 is 0. The number of rotatable bonds is 3. The van der Waals surface area contributed by atoms with Crippen LogP contribution < -0.4 is 5.32 Å². The van der Waals surface area contributed by atoms with Gasteiger partial charge in [0.05, 0.1) is 11.6 Å². The van der Waals surface area contributed by atoms with Crippen LogP contribution in [0.5, 0.6) is 0 Å². The van der Waals surface area contributed by atoms with E-state index in [1.807, 2.05) is 0 Å². The van der Waals surface area contributed by atoms with Gasteiger partial charge in [-0.05, 0) is 44.4 Å². The van der Waals surface area contributed by atoms with Gasteiger partial charge < -0.3 is 5.32 Å². The van der Waals surface area contributed by atoms with Gasteiger partial charge in [-0.1, -0.05) is 25.5 Å². The topological polar surface area (TPSA) is 42.0 Å². The highest BCUT2D eigenvalue weighted by atomic mass is 32.1. The highest BCUT2D eigenvalue weighted by Gasteiger charge is 2.60. The fourth-order valence-electron chi connectivity index (χ4n) is 3.28. The lowest BCUT2D eigenvalue weighted by molar-refractivity contribution is -0.118. The van der Waals surface area contributed by atoms with Crippen LogP contribution in [0.2, 0.25) is 0 Å². The molecule has 1 fully saturated rings. The summed E-state index contributed by atoms with van der Waals surface area (Å²) in [4.78, 5) is 18.3. The number of aryl methyl sites for hydroxylation is 2. The minimum absolute atomic E-state index is 0.0708. The summed E-state index contributed by atoms with van der Waals surface area (Å²) >= 11 is 1.65. The third-order valence-electron chi connectivity index (χ3n) is 4.53. The van der Waals surface area contributed by atoms with Gasteiger partial charge in [-0.3, -0.25) is 4.79 Å². The summed E-state index contributed by atoms with van der Waals surface area (Å²) in [5.74, 6) is 0.570. The van der Waals surface area contributed by atoms with E-state index in [9.17, 15) is 4.79 Å². The minimum Gasteiger partial charge on any atom is -0.302 e. The molecule has 0 radical (unpaired) electrons. The van der Waals surface area contributed by atoms with Crippen LogP contribution in [0.25, 0.3) is 0 Å². The second kappa shape index (κ2) is 4.69. The molecular weight excluding hydrogens is 268 g/mol. The Morgan fingerprint density at radius 1 is 1.40 bits per heavy atom. The zero-order valence-corrected chi connectivity index (χ0v) is 13.4. The summed E-state index contributed by atoms with van der Waals surface area (Å²) in [5, 5.41) is 3.82. The van der Waals surface area contributed by atoms with Gasteiger partial charge >= 0.3 is 0 Å². The molecule has 0 spiro atoms. The van der Waals surface area contributed by atoms with E-state index in [2.05, 4.69) is 44.1 Å². The first kappa shape index (κ1) is 13.8. The number of thiazole rings is 1. The van der Waals surface area contributed by atoms with Gasteiger partial charge in [0.25, 0.3) is 0 Å². The van der Waals surface area contributed by atoms with Gasteiger partial charge in [0, 0.05) is 4.88 Å². The largest absolute Gasteiger partial charge is 0.302 e. The maximum absolute atomic E-state index is 12.4. The molecule has 3 nitrogen and oxygen atoms in total. The van der Waals surface area contributed by atoms with Gasteiger partial charge in [-0.25, -0.2) is 4.98 Å². The number of anilines is 1. The highest BCUT2D eigenvalue weighted by Crippen LogP contribution is 2.59. The van der Waals surface area contributed by atoms with E-state index >= 15 is 0 Å². The SMILES string of the molecule is CC(C)=C[C@H]1[C@@H](C(=O)Nc2nc3c(s2)CCC3)C1(C)C. The van der Waals surface area contributed by atoms with Gasteiger partial charge in [0.2, 0.25) is 5.91 Å². The van der Waals surface area contributed by atoms with E-state index < -0.39 is 0 Å². The van der Waals surface area contributed by atoms with Crippen molar-refractivity contribution in [3.8, 4) is 0 Å². The monoisotopic (exact) mass is 290 g/mol. The van der Waals surface area contributed by atoms with Crippen molar-refractivity contribution in [1.82, 2.24) is 4.98 Å². The molecule has 1 saturated carbocycles. The molecule has 0 aliphatic heterocycles. The van der Waals surface area contributed by atoms with Crippen LogP contribution in [-0.2, 0) is 17.6 Å². The molecule has 108 valence electrons. The van der Waals surface area contributed by atoms with Crippen molar-refractivity contribution in [3.05, 3.63) is 22.2 Å². The third-order valence-corrected chi connectivity index (χ3v) is 5.60. The van der Waals surface area contributed by atoms with Crippen LogP contribution >= 0.6 is 11.3 Å². The molecule has 1 N–H and O–H groups in total. The Morgan fingerprint density at radius 3 is 2.80 bits per heavy atom. The molecule has 2 aliphatic rings. The Bertz CT molecular complexity index is 560. The van der Waals surface area contributed by atoms with Gasteiger partial charge in [-0.2, -0.15) is 0 Å². The first-order chi connectivity index (χ1) is 9.39. The van der Waals surface area contributed by atoms with Crippen molar-refractivity contribution < 1.29 is 4.79 Å². The predicted molar refractivity (Wildman–Crippen MR) is 83.0 cm³/mol. The normalized spacial score (nSPS) is 26.0. The number of aromatic nitrogens is 1. The van der Waals surface area contributed by atoms with Crippen molar-refractivity contribution in [3.63, 3.8) is 0 Å². The number of nitrogens with one attached hydrogen (secondary N) is 1. The van der Waals surface area contributed by atoms with Gasteiger partial charge in [0.1, 0.15) is 0 Å². The van der Waals surface area contributed by atoms with Gasteiger partial charge in [0.15, 0.2) is 5.13 Å². The quantitative estimate of drug-likeness (QED) is 0.860. The lowest BCUT2D eigenvalue weighted by atomic mass is 10.1. The van der Waals surface area contributed by atoms with Crippen LogP contribution in [0.4, 0.5) is 5.13 Å². The van der Waals surface area contributed by atoms with Crippen molar-refractivity contribution in [2.75, 3.05) is 5.32 Å². The van der Waals surface area contributed by atoms with Crippen LogP contribution in [0.15, 0.2) is 11.6 Å². The summed E-state index contributed by atoms with van der Waals surface area (Å²) in [6.45, 7) is 8.52. The minimum atomic E-state index is 0.0708. The standard InChI is InChI=1S/C16H22N2OS/c1-9(2)8-10-13(16(10,3)4)14(19)18-15-17-11-6-5-7-12(11)20-15/h8,10,13H,5-7H2,1-4H3,(H,17,18,19)/t10-,13-/m0/s1. The average Bonchev–Trinajstić information content (AvgIpc) is 2.69. The number of amides is 1. The summed E-state index contributed by atoms with van der Waals surface area (Å²) in [5.41, 5.74) is 2.55. The molecule has 1 aromatic rings. The fraction of sp³-hybridized carbons (Fsp3) is 0.625. The van der Waals surface area contributed by atoms with E-state index in [0.717, 1.165) is 18.0 Å². The van der Waals surface area contributed by atoms with Crippen molar-refractivity contribution in [2.24, 2.45) is 17.3 Å². The molecule has 4 heteroatoms. The lowest BCUT2D eigenvalue weighted by Crippen LogP contribution is -2.16. The Kier molecular flexibility index (Phi) is 3.24. The molecule has 2 aliphatic carbocycles. The van der Waals surface area contributed by atoms with Crippen LogP contribution in [-0.4, -0.2) is 10.9 Å². The Morgan fingerprint density at radius 2 is 2.15 bits per heavy atom. The Labute approximate surface area is 124 Å². The summed E-state index contributed by atoms with van der Waals surface area (Å²) in [7, 11) is 0. The zero-order chi connectivity index (χ0) is 14.5. The first-order valence-electron chi connectivity index (χ1n) is 7.34. The molecule has 0 bridgehead atoms. The molecule has 1 heterocycles. The predicted octanol–water partition coefficient (Wildman–Crippen LogP) is 3.81. The number of hydrogen-bond donors (Lipinski definition) is 1. The number of nitrogens with zero attached hydrogens (tertiary/aromatic N) is 1. The van der Waals surface area contributed by atoms with E-state index in [-0.39, 0.29) is 17.2 Å². The first-order valence-corrected chi connectivity index (χ1v) is 8.15. The summed E-state index contributed by atoms with van der Waals surface area (Å²) in [6.07, 6.45) is 5.63. The van der Waals surface area contributed by atoms with E-state index in [0.29, 0.717) is 5.92 Å². The van der Waals surface area contributed by atoms with Crippen molar-refractivity contribution in [2.45, 2.75) is 47.0 Å². The third kappa shape index (κ3) is 2.30. The maximum Gasteiger partial charge on any atom is 0.230 e. The molecule has 0 aromatic carbocycles. The number of carbonyl (C=O) groups is 1. The molecule has 2 atom stereocenters. The van der Waals surface area contributed by atoms with E-state index in [1.165, 1.54) is 22.6 Å².